The predicted molar refractivity (Wildman–Crippen MR) is 168 cm³/mol. The Morgan fingerprint density at radius 3 is 2.45 bits per heavy atom. The molecule has 1 fully saturated rings. The maximum Gasteiger partial charge on any atom is 0.410 e. The summed E-state index contributed by atoms with van der Waals surface area (Å²) in [6, 6.07) is 9.46. The highest BCUT2D eigenvalue weighted by Crippen LogP contribution is 2.31. The van der Waals surface area contributed by atoms with Gasteiger partial charge in [0.2, 0.25) is 0 Å². The van der Waals surface area contributed by atoms with Crippen LogP contribution in [0.25, 0.3) is 22.9 Å². The van der Waals surface area contributed by atoms with E-state index in [-0.39, 0.29) is 49.8 Å². The number of benzene rings is 1. The highest BCUT2D eigenvalue weighted by atomic mass is 127. The minimum Gasteiger partial charge on any atom is -0.480 e. The third kappa shape index (κ3) is 7.64. The minimum atomic E-state index is -1.60. The van der Waals surface area contributed by atoms with Gasteiger partial charge < -0.3 is 24.6 Å². The molecule has 12 nitrogen and oxygen atoms in total. The van der Waals surface area contributed by atoms with Gasteiger partial charge in [0.25, 0.3) is 0 Å². The monoisotopic (exact) mass is 741 g/mol. The van der Waals surface area contributed by atoms with Crippen molar-refractivity contribution >= 4 is 48.9 Å². The molecule has 234 valence electrons. The van der Waals surface area contributed by atoms with E-state index >= 15 is 0 Å². The van der Waals surface area contributed by atoms with E-state index < -0.39 is 34.8 Å². The molecule has 0 bridgehead atoms. The number of nitrogens with one attached hydrogen (secondary N) is 1. The van der Waals surface area contributed by atoms with Crippen molar-refractivity contribution in [1.82, 2.24) is 29.8 Å². The number of aliphatic carboxylic acids is 1. The van der Waals surface area contributed by atoms with Crippen LogP contribution in [0.4, 0.5) is 19.4 Å². The summed E-state index contributed by atoms with van der Waals surface area (Å²) in [5, 5.41) is 21.4. The van der Waals surface area contributed by atoms with Gasteiger partial charge >= 0.3 is 12.1 Å². The van der Waals surface area contributed by atoms with Crippen molar-refractivity contribution in [2.45, 2.75) is 51.3 Å². The Balaban J connectivity index is 0.00000216. The van der Waals surface area contributed by atoms with Crippen molar-refractivity contribution in [2.24, 2.45) is 0 Å². The summed E-state index contributed by atoms with van der Waals surface area (Å²) in [7, 11) is 3.50. The van der Waals surface area contributed by atoms with Crippen molar-refractivity contribution in [3.8, 4) is 22.9 Å². The molecular weight excluding hydrogens is 711 g/mol. The lowest BCUT2D eigenvalue weighted by Gasteiger charge is -2.39. The molecule has 44 heavy (non-hydrogen) atoms. The van der Waals surface area contributed by atoms with Gasteiger partial charge in [-0.15, -0.1) is 9.80 Å². The van der Waals surface area contributed by atoms with Gasteiger partial charge in [-0.25, -0.2) is 28.3 Å². The number of amides is 1. The molecule has 1 amide bonds. The topological polar surface area (TPSA) is 148 Å². The summed E-state index contributed by atoms with van der Waals surface area (Å²) in [6.45, 7) is 5.43. The first-order valence-corrected chi connectivity index (χ1v) is 16.6. The van der Waals surface area contributed by atoms with Crippen molar-refractivity contribution in [1.29, 1.82) is 0 Å². The number of carbonyl (C=O) groups excluding carboxylic acids is 1. The fourth-order valence-electron chi connectivity index (χ4n) is 4.58. The molecule has 0 spiro atoms. The first kappa shape index (κ1) is 33.1. The maximum atomic E-state index is 14.9. The van der Waals surface area contributed by atoms with E-state index in [1.807, 2.05) is 21.2 Å². The Bertz CT molecular complexity index is 1610. The average Bonchev–Trinajstić information content (AvgIpc) is 3.66. The molecular formula is C28H30F2IN7O5S. The van der Waals surface area contributed by atoms with E-state index in [9.17, 15) is 23.5 Å². The molecule has 0 saturated carbocycles. The number of halogens is 3. The Hall–Kier alpha value is -3.80. The molecule has 1 aromatic carbocycles. The second kappa shape index (κ2) is 13.9. The summed E-state index contributed by atoms with van der Waals surface area (Å²) < 4.78 is 41.2. The van der Waals surface area contributed by atoms with Gasteiger partial charge in [0.15, 0.2) is 17.5 Å². The van der Waals surface area contributed by atoms with Crippen LogP contribution < -0.4 is 5.32 Å². The molecule has 4 heterocycles. The van der Waals surface area contributed by atoms with Crippen molar-refractivity contribution in [3.05, 3.63) is 66.1 Å². The standard InChI is InChI=1S/C28H29F2N7O5.HIS/c1-27(2,3)42-26(40)36-11-9-28(10-12-36,25(38)39)33-23-19(30)15-31-24(32-23)21-14-22(20-8-13-41-35-20)37(34-21)16-17-6-4-5-7-18(17)29;1-2/h4-8,13-15H,9-12,16H2,1-3H3,(H,38,39)(H,31,32,33);2H. The molecule has 2 N–H and O–H groups in total. The second-order valence-corrected chi connectivity index (χ2v) is 10.9. The van der Waals surface area contributed by atoms with E-state index in [2.05, 4.69) is 35.3 Å². The van der Waals surface area contributed by atoms with Gasteiger partial charge in [-0.2, -0.15) is 5.10 Å². The van der Waals surface area contributed by atoms with Crippen molar-refractivity contribution in [2.75, 3.05) is 18.4 Å². The van der Waals surface area contributed by atoms with Gasteiger partial charge in [0.1, 0.15) is 34.6 Å². The highest BCUT2D eigenvalue weighted by molar-refractivity contribution is 14.2. The van der Waals surface area contributed by atoms with E-state index in [0.29, 0.717) is 17.0 Å². The number of aromatic nitrogens is 5. The van der Waals surface area contributed by atoms with Crippen molar-refractivity contribution in [3.63, 3.8) is 0 Å². The molecule has 16 heteroatoms. The first-order chi connectivity index (χ1) is 20.9. The minimum absolute atomic E-state index is 0.00246. The van der Waals surface area contributed by atoms with Gasteiger partial charge in [0.05, 0.1) is 18.4 Å². The zero-order chi connectivity index (χ0) is 32.1. The zero-order valence-corrected chi connectivity index (χ0v) is 27.1. The largest absolute Gasteiger partial charge is 0.480 e. The number of thiol groups is 1. The molecule has 0 radical (unpaired) electrons. The predicted octanol–water partition coefficient (Wildman–Crippen LogP) is 5.85. The molecule has 0 unspecified atom stereocenters. The summed E-state index contributed by atoms with van der Waals surface area (Å²) >= 11 is 1.84. The van der Waals surface area contributed by atoms with E-state index in [1.54, 1.807) is 51.1 Å². The van der Waals surface area contributed by atoms with Crippen LogP contribution in [0.3, 0.4) is 0 Å². The number of ether oxygens (including phenoxy) is 1. The number of nitrogens with zero attached hydrogens (tertiary/aromatic N) is 6. The summed E-state index contributed by atoms with van der Waals surface area (Å²) in [4.78, 5) is 34.6. The van der Waals surface area contributed by atoms with Crippen LogP contribution in [0, 0.1) is 11.6 Å². The van der Waals surface area contributed by atoms with Gasteiger partial charge in [-0.3, -0.25) is 4.68 Å². The number of carbonyl (C=O) groups is 2. The molecule has 5 rings (SSSR count). The van der Waals surface area contributed by atoms with Gasteiger partial charge in [-0.05, 0) is 67.0 Å². The van der Waals surface area contributed by atoms with Crippen LogP contribution in [-0.4, -0.2) is 71.2 Å². The normalized spacial score (nSPS) is 14.4. The lowest BCUT2D eigenvalue weighted by molar-refractivity contribution is -0.144. The molecule has 1 aliphatic rings. The molecule has 1 aliphatic heterocycles. The fraction of sp³-hybridized carbons (Fsp3) is 0.357. The van der Waals surface area contributed by atoms with E-state index in [0.717, 1.165) is 6.20 Å². The van der Waals surface area contributed by atoms with Crippen LogP contribution in [-0.2, 0) is 16.1 Å². The number of carboxylic acids is 1. The average molecular weight is 742 g/mol. The number of hydrogen-bond donors (Lipinski definition) is 3. The lowest BCUT2D eigenvalue weighted by atomic mass is 9.87. The number of carboxylic acid groups (broad SMARTS) is 1. The van der Waals surface area contributed by atoms with Crippen LogP contribution in [0.1, 0.15) is 39.2 Å². The Morgan fingerprint density at radius 2 is 1.84 bits per heavy atom. The van der Waals surface area contributed by atoms with Crippen LogP contribution >= 0.6 is 31.0 Å². The smallest absolute Gasteiger partial charge is 0.410 e. The Labute approximate surface area is 269 Å². The number of piperidine rings is 1. The number of rotatable bonds is 7. The number of anilines is 1. The zero-order valence-electron chi connectivity index (χ0n) is 24.0. The van der Waals surface area contributed by atoms with Crippen LogP contribution in [0.15, 0.2) is 53.4 Å². The molecule has 3 aromatic heterocycles. The van der Waals surface area contributed by atoms with Gasteiger partial charge in [-0.1, -0.05) is 23.4 Å². The SMILES string of the molecule is CC(C)(C)OC(=O)N1CCC(Nc2nc(-c3cc(-c4ccon4)n(Cc4ccccc4F)n3)ncc2F)(C(=O)O)CC1.SI. The number of hydrogen-bond acceptors (Lipinski definition) is 10. The van der Waals surface area contributed by atoms with Crippen LogP contribution in [0.2, 0.25) is 0 Å². The first-order valence-electron chi connectivity index (χ1n) is 13.4. The van der Waals surface area contributed by atoms with E-state index in [4.69, 9.17) is 9.26 Å². The molecule has 0 aliphatic carbocycles. The fourth-order valence-corrected chi connectivity index (χ4v) is 4.58. The Kier molecular flexibility index (Phi) is 10.4. The number of likely N-dealkylation sites (tertiary alicyclic amines) is 1. The molecule has 4 aromatic rings. The molecule has 0 atom stereocenters. The second-order valence-electron chi connectivity index (χ2n) is 10.9. The third-order valence-corrected chi connectivity index (χ3v) is 6.77. The summed E-state index contributed by atoms with van der Waals surface area (Å²) in [6.07, 6.45) is 1.71. The quantitative estimate of drug-likeness (QED) is 0.156. The highest BCUT2D eigenvalue weighted by Gasteiger charge is 2.44. The maximum absolute atomic E-state index is 14.9. The van der Waals surface area contributed by atoms with Crippen LogP contribution in [0.5, 0.6) is 0 Å². The third-order valence-electron chi connectivity index (χ3n) is 6.77. The van der Waals surface area contributed by atoms with E-state index in [1.165, 1.54) is 21.9 Å². The lowest BCUT2D eigenvalue weighted by Crippen LogP contribution is -2.56. The summed E-state index contributed by atoms with van der Waals surface area (Å²) in [5.74, 6) is -2.82. The van der Waals surface area contributed by atoms with Gasteiger partial charge in [0, 0.05) is 24.7 Å². The summed E-state index contributed by atoms with van der Waals surface area (Å²) in [5.41, 5.74) is -0.807. The Morgan fingerprint density at radius 1 is 1.14 bits per heavy atom. The molecule has 1 saturated heterocycles. The van der Waals surface area contributed by atoms with Crippen molar-refractivity contribution < 1.29 is 32.7 Å².